The normalized spacial score (nSPS) is 12.5. The summed E-state index contributed by atoms with van der Waals surface area (Å²) in [4.78, 5) is 11.5. The molecule has 1 rings (SSSR count). The Balaban J connectivity index is 0.000000758. The van der Waals surface area contributed by atoms with Gasteiger partial charge in [-0.3, -0.25) is 4.79 Å². The molecule has 0 spiro atoms. The summed E-state index contributed by atoms with van der Waals surface area (Å²) in [5.74, 6) is -0.358. The van der Waals surface area contributed by atoms with Crippen LogP contribution in [0.2, 0.25) is 0 Å². The van der Waals surface area contributed by atoms with Gasteiger partial charge in [0.05, 0.1) is 18.6 Å². The minimum atomic E-state index is -0.832. The molecule has 0 amide bonds. The number of aliphatic hydroxyl groups excluding tert-OH is 1. The molecule has 26 heavy (non-hydrogen) atoms. The quantitative estimate of drug-likeness (QED) is 0.504. The van der Waals surface area contributed by atoms with Crippen molar-refractivity contribution in [3.8, 4) is 0 Å². The molecular formula is C22H39NO3. The molecule has 1 aromatic rings. The van der Waals surface area contributed by atoms with Gasteiger partial charge in [0.1, 0.15) is 0 Å². The fourth-order valence-electron chi connectivity index (χ4n) is 2.74. The van der Waals surface area contributed by atoms with E-state index in [9.17, 15) is 9.90 Å². The van der Waals surface area contributed by atoms with E-state index in [1.165, 1.54) is 12.7 Å². The number of nitrogens with one attached hydrogen (secondary N) is 1. The van der Waals surface area contributed by atoms with Gasteiger partial charge < -0.3 is 15.2 Å². The summed E-state index contributed by atoms with van der Waals surface area (Å²) in [6, 6.07) is 11.5. The largest absolute Gasteiger partial charge is 0.469 e. The molecule has 0 saturated carbocycles. The molecule has 0 saturated heterocycles. The number of rotatable bonds is 9. The first-order valence-corrected chi connectivity index (χ1v) is 9.67. The fraction of sp³-hybridized carbons (Fsp3) is 0.682. The third kappa shape index (κ3) is 10.6. The van der Waals surface area contributed by atoms with E-state index in [-0.39, 0.29) is 5.97 Å². The number of aryl methyl sites for hydroxylation is 1. The lowest BCUT2D eigenvalue weighted by Crippen LogP contribution is -2.38. The minimum absolute atomic E-state index is 0.358. The third-order valence-corrected chi connectivity index (χ3v) is 4.25. The van der Waals surface area contributed by atoms with Crippen molar-refractivity contribution in [2.75, 3.05) is 7.11 Å². The number of methoxy groups -OCH3 is 1. The smallest absolute Gasteiger partial charge is 0.313 e. The standard InChI is InChI=1S/C16H24O3.C6H15N/c1-16(2,15(18)19-3)14(17)12-8-7-11-13-9-5-4-6-10-13;1-5(2)7-6(3)4/h4-6,9-10,14,17H,7-8,11-12H2,1-3H3;5-7H,1-4H3. The number of carbonyl (C=O) groups is 1. The number of hydrogen-bond donors (Lipinski definition) is 2. The number of aliphatic hydroxyl groups is 1. The molecule has 0 radical (unpaired) electrons. The van der Waals surface area contributed by atoms with Gasteiger partial charge in [-0.15, -0.1) is 0 Å². The maximum Gasteiger partial charge on any atom is 0.313 e. The molecule has 1 unspecified atom stereocenters. The molecule has 0 aliphatic rings. The number of esters is 1. The first-order valence-electron chi connectivity index (χ1n) is 9.67. The molecule has 4 nitrogen and oxygen atoms in total. The lowest BCUT2D eigenvalue weighted by molar-refractivity contribution is -0.157. The Bertz CT molecular complexity index is 477. The van der Waals surface area contributed by atoms with Crippen LogP contribution in [0.15, 0.2) is 30.3 Å². The second kappa shape index (κ2) is 12.9. The predicted octanol–water partition coefficient (Wildman–Crippen LogP) is 4.35. The van der Waals surface area contributed by atoms with Crippen LogP contribution in [0.3, 0.4) is 0 Å². The zero-order chi connectivity index (χ0) is 20.2. The molecule has 4 heteroatoms. The molecule has 150 valence electrons. The van der Waals surface area contributed by atoms with Crippen LogP contribution in [0.1, 0.15) is 66.4 Å². The number of hydrogen-bond acceptors (Lipinski definition) is 4. The summed E-state index contributed by atoms with van der Waals surface area (Å²) >= 11 is 0. The first kappa shape index (κ1) is 24.6. The lowest BCUT2D eigenvalue weighted by atomic mass is 9.84. The number of ether oxygens (including phenoxy) is 1. The summed E-state index contributed by atoms with van der Waals surface area (Å²) < 4.78 is 4.71. The van der Waals surface area contributed by atoms with E-state index < -0.39 is 11.5 Å². The Labute approximate surface area is 160 Å². The highest BCUT2D eigenvalue weighted by Gasteiger charge is 2.36. The van der Waals surface area contributed by atoms with Gasteiger partial charge in [-0.1, -0.05) is 64.4 Å². The molecule has 0 bridgehead atoms. The maximum atomic E-state index is 11.5. The van der Waals surface area contributed by atoms with Crippen molar-refractivity contribution in [1.82, 2.24) is 5.32 Å². The van der Waals surface area contributed by atoms with Gasteiger partial charge in [-0.25, -0.2) is 0 Å². The maximum absolute atomic E-state index is 11.5. The molecular weight excluding hydrogens is 326 g/mol. The van der Waals surface area contributed by atoms with Gasteiger partial charge in [0.25, 0.3) is 0 Å². The highest BCUT2D eigenvalue weighted by Crippen LogP contribution is 2.26. The van der Waals surface area contributed by atoms with Gasteiger partial charge in [-0.2, -0.15) is 0 Å². The molecule has 2 N–H and O–H groups in total. The van der Waals surface area contributed by atoms with Gasteiger partial charge in [0.15, 0.2) is 0 Å². The Kier molecular flexibility index (Phi) is 12.2. The zero-order valence-electron chi connectivity index (χ0n) is 17.7. The highest BCUT2D eigenvalue weighted by atomic mass is 16.5. The van der Waals surface area contributed by atoms with Gasteiger partial charge >= 0.3 is 5.97 Å². The third-order valence-electron chi connectivity index (χ3n) is 4.25. The summed E-state index contributed by atoms with van der Waals surface area (Å²) in [7, 11) is 1.35. The molecule has 0 aliphatic heterocycles. The molecule has 0 aliphatic carbocycles. The highest BCUT2D eigenvalue weighted by molar-refractivity contribution is 5.76. The van der Waals surface area contributed by atoms with Gasteiger partial charge in [0, 0.05) is 12.1 Å². The van der Waals surface area contributed by atoms with Crippen molar-refractivity contribution in [3.05, 3.63) is 35.9 Å². The second-order valence-corrected chi connectivity index (χ2v) is 7.94. The van der Waals surface area contributed by atoms with E-state index in [1.54, 1.807) is 13.8 Å². The Morgan fingerprint density at radius 1 is 1.08 bits per heavy atom. The average Bonchev–Trinajstić information content (AvgIpc) is 2.57. The Hall–Kier alpha value is -1.39. The molecule has 1 aromatic carbocycles. The van der Waals surface area contributed by atoms with Crippen LogP contribution in [0.5, 0.6) is 0 Å². The topological polar surface area (TPSA) is 58.6 Å². The van der Waals surface area contributed by atoms with Crippen molar-refractivity contribution in [3.63, 3.8) is 0 Å². The Morgan fingerprint density at radius 3 is 2.04 bits per heavy atom. The summed E-state index contributed by atoms with van der Waals surface area (Å²) in [5, 5.41) is 13.4. The van der Waals surface area contributed by atoms with E-state index in [4.69, 9.17) is 4.74 Å². The summed E-state index contributed by atoms with van der Waals surface area (Å²) in [6.07, 6.45) is 2.88. The van der Waals surface area contributed by atoms with Crippen LogP contribution >= 0.6 is 0 Å². The van der Waals surface area contributed by atoms with Crippen molar-refractivity contribution in [2.24, 2.45) is 5.41 Å². The predicted molar refractivity (Wildman–Crippen MR) is 109 cm³/mol. The molecule has 0 heterocycles. The number of carbonyl (C=O) groups excluding carboxylic acids is 1. The van der Waals surface area contributed by atoms with Crippen molar-refractivity contribution < 1.29 is 14.6 Å². The van der Waals surface area contributed by atoms with E-state index in [0.717, 1.165) is 19.3 Å². The van der Waals surface area contributed by atoms with Crippen LogP contribution in [0.4, 0.5) is 0 Å². The van der Waals surface area contributed by atoms with Crippen molar-refractivity contribution in [2.45, 2.75) is 85.4 Å². The average molecular weight is 366 g/mol. The molecule has 1 atom stereocenters. The SMILES string of the molecule is CC(C)NC(C)C.COC(=O)C(C)(C)C(O)CCCCc1ccccc1. The summed E-state index contributed by atoms with van der Waals surface area (Å²) in [6.45, 7) is 12.1. The number of benzene rings is 1. The zero-order valence-corrected chi connectivity index (χ0v) is 17.7. The first-order chi connectivity index (χ1) is 12.1. The van der Waals surface area contributed by atoms with Crippen LogP contribution < -0.4 is 5.32 Å². The fourth-order valence-corrected chi connectivity index (χ4v) is 2.74. The van der Waals surface area contributed by atoms with Crippen molar-refractivity contribution in [1.29, 1.82) is 0 Å². The van der Waals surface area contributed by atoms with Crippen LogP contribution in [-0.2, 0) is 16.0 Å². The molecule has 0 aromatic heterocycles. The van der Waals surface area contributed by atoms with E-state index in [1.807, 2.05) is 18.2 Å². The van der Waals surface area contributed by atoms with E-state index in [0.29, 0.717) is 18.5 Å². The van der Waals surface area contributed by atoms with Gasteiger partial charge in [0.2, 0.25) is 0 Å². The van der Waals surface area contributed by atoms with Crippen LogP contribution in [0.25, 0.3) is 0 Å². The lowest BCUT2D eigenvalue weighted by Gasteiger charge is -2.27. The van der Waals surface area contributed by atoms with E-state index >= 15 is 0 Å². The second-order valence-electron chi connectivity index (χ2n) is 7.94. The van der Waals surface area contributed by atoms with Crippen molar-refractivity contribution >= 4 is 5.97 Å². The summed E-state index contributed by atoms with van der Waals surface area (Å²) in [5.41, 5.74) is 0.478. The van der Waals surface area contributed by atoms with Crippen LogP contribution in [0, 0.1) is 5.41 Å². The monoisotopic (exact) mass is 365 g/mol. The van der Waals surface area contributed by atoms with Gasteiger partial charge in [-0.05, 0) is 38.7 Å². The molecule has 0 fully saturated rings. The number of unbranched alkanes of at least 4 members (excludes halogenated alkanes) is 1. The van der Waals surface area contributed by atoms with Crippen LogP contribution in [-0.4, -0.2) is 36.4 Å². The minimum Gasteiger partial charge on any atom is -0.469 e. The Morgan fingerprint density at radius 2 is 1.62 bits per heavy atom. The van der Waals surface area contributed by atoms with E-state index in [2.05, 4.69) is 45.1 Å².